The van der Waals surface area contributed by atoms with Crippen LogP contribution < -0.4 is 4.80 Å². The molecule has 0 atom stereocenters. The number of nitroso groups, excluding NO2 is 1. The average molecular weight is 293 g/mol. The van der Waals surface area contributed by atoms with E-state index < -0.39 is 4.92 Å². The Labute approximate surface area is 115 Å². The number of nitro groups is 1. The summed E-state index contributed by atoms with van der Waals surface area (Å²) in [6.07, 6.45) is 0. The van der Waals surface area contributed by atoms with Crippen molar-refractivity contribution in [1.29, 1.82) is 0 Å². The number of hydrogen-bond donors (Lipinski definition) is 0. The normalized spacial score (nSPS) is 11.3. The van der Waals surface area contributed by atoms with E-state index in [1.54, 1.807) is 6.07 Å². The molecule has 1 heterocycles. The van der Waals surface area contributed by atoms with E-state index >= 15 is 0 Å². The lowest BCUT2D eigenvalue weighted by atomic mass is 10.3. The van der Waals surface area contributed by atoms with Crippen LogP contribution in [0.3, 0.4) is 0 Å². The lowest BCUT2D eigenvalue weighted by Crippen LogP contribution is -2.15. The van der Waals surface area contributed by atoms with Gasteiger partial charge in [-0.15, -0.1) is 4.91 Å². The Balaban J connectivity index is 2.75. The minimum atomic E-state index is -0.590. The molecule has 0 unspecified atom stereocenters. The molecule has 0 aliphatic carbocycles. The number of nitrogens with zero attached hydrogens (tertiary/aromatic N) is 5. The summed E-state index contributed by atoms with van der Waals surface area (Å²) in [6.45, 7) is 1.29. The van der Waals surface area contributed by atoms with Gasteiger partial charge in [0, 0.05) is 13.0 Å². The summed E-state index contributed by atoms with van der Waals surface area (Å²) in [4.78, 5) is 32.0. The van der Waals surface area contributed by atoms with Crippen LogP contribution in [0, 0.1) is 15.0 Å². The highest BCUT2D eigenvalue weighted by Crippen LogP contribution is 2.21. The topological polar surface area (TPSA) is 120 Å². The average Bonchev–Trinajstić information content (AvgIpc) is 2.83. The van der Waals surface area contributed by atoms with Gasteiger partial charge < -0.3 is 0 Å². The quantitative estimate of drug-likeness (QED) is 0.367. The van der Waals surface area contributed by atoms with E-state index in [9.17, 15) is 19.8 Å². The first kappa shape index (κ1) is 13.7. The Kier molecular flexibility index (Phi) is 3.75. The first-order valence-corrected chi connectivity index (χ1v) is 6.07. The first-order valence-electron chi connectivity index (χ1n) is 5.26. The molecule has 0 saturated carbocycles. The van der Waals surface area contributed by atoms with Gasteiger partial charge in [0.2, 0.25) is 4.80 Å². The van der Waals surface area contributed by atoms with Crippen molar-refractivity contribution in [3.05, 3.63) is 49.1 Å². The molecule has 1 aromatic carbocycles. The van der Waals surface area contributed by atoms with E-state index in [0.29, 0.717) is 0 Å². The molecule has 10 heteroatoms. The van der Waals surface area contributed by atoms with Gasteiger partial charge in [0.05, 0.1) is 10.2 Å². The van der Waals surface area contributed by atoms with Crippen LogP contribution in [0.2, 0.25) is 0 Å². The summed E-state index contributed by atoms with van der Waals surface area (Å²) in [5.74, 6) is -0.338. The maximum absolute atomic E-state index is 11.3. The zero-order valence-corrected chi connectivity index (χ0v) is 10.9. The predicted molar refractivity (Wildman–Crippen MR) is 69.5 cm³/mol. The Hall–Kier alpha value is -2.75. The molecule has 0 spiro atoms. The number of para-hydroxylation sites is 2. The first-order chi connectivity index (χ1) is 9.54. The second-order valence-electron chi connectivity index (χ2n) is 3.59. The number of rotatable bonds is 4. The summed E-state index contributed by atoms with van der Waals surface area (Å²) < 4.78 is 1.06. The molecule has 1 aromatic heterocycles. The van der Waals surface area contributed by atoms with E-state index in [4.69, 9.17) is 0 Å². The van der Waals surface area contributed by atoms with Crippen molar-refractivity contribution in [2.75, 3.05) is 0 Å². The number of ketones is 1. The molecule has 0 aliphatic heterocycles. The van der Waals surface area contributed by atoms with E-state index in [1.807, 2.05) is 0 Å². The summed E-state index contributed by atoms with van der Waals surface area (Å²) >= 11 is 0.827. The Morgan fingerprint density at radius 1 is 1.45 bits per heavy atom. The van der Waals surface area contributed by atoms with Gasteiger partial charge in [-0.3, -0.25) is 14.9 Å². The number of Topliss-reactive ketones (excluding diaryl/α,β-unsaturated/α-hetero) is 1. The molecule has 20 heavy (non-hydrogen) atoms. The Morgan fingerprint density at radius 2 is 2.15 bits per heavy atom. The fourth-order valence-electron chi connectivity index (χ4n) is 1.48. The van der Waals surface area contributed by atoms with Crippen molar-refractivity contribution < 1.29 is 9.72 Å². The van der Waals surface area contributed by atoms with Gasteiger partial charge in [-0.2, -0.15) is 9.78 Å². The third-order valence-corrected chi connectivity index (χ3v) is 3.29. The van der Waals surface area contributed by atoms with Crippen LogP contribution in [0.4, 0.5) is 5.69 Å². The Bertz CT molecular complexity index is 763. The van der Waals surface area contributed by atoms with Gasteiger partial charge >= 0.3 is 0 Å². The summed E-state index contributed by atoms with van der Waals surface area (Å²) in [7, 11) is 0. The van der Waals surface area contributed by atoms with Crippen LogP contribution >= 0.6 is 11.3 Å². The van der Waals surface area contributed by atoms with Crippen molar-refractivity contribution in [1.82, 2.24) is 9.78 Å². The monoisotopic (exact) mass is 293 g/mol. The lowest BCUT2D eigenvalue weighted by molar-refractivity contribution is -0.384. The Morgan fingerprint density at radius 3 is 2.75 bits per heavy atom. The molecule has 0 fully saturated rings. The zero-order valence-electron chi connectivity index (χ0n) is 10.1. The van der Waals surface area contributed by atoms with Crippen molar-refractivity contribution in [2.45, 2.75) is 6.92 Å². The fraction of sp³-hybridized carbons (Fsp3) is 0.100. The second-order valence-corrected chi connectivity index (χ2v) is 4.54. The van der Waals surface area contributed by atoms with Crippen LogP contribution in [-0.2, 0) is 0 Å². The molecule has 102 valence electrons. The van der Waals surface area contributed by atoms with Crippen LogP contribution in [0.5, 0.6) is 0 Å². The fourth-order valence-corrected chi connectivity index (χ4v) is 2.22. The molecular formula is C10H7N5O4S. The van der Waals surface area contributed by atoms with Crippen molar-refractivity contribution >= 4 is 22.8 Å². The van der Waals surface area contributed by atoms with E-state index in [2.05, 4.69) is 15.5 Å². The van der Waals surface area contributed by atoms with Crippen LogP contribution in [0.25, 0.3) is 5.69 Å². The maximum Gasteiger partial charge on any atom is 0.294 e. The van der Waals surface area contributed by atoms with Gasteiger partial charge in [-0.1, -0.05) is 28.6 Å². The molecule has 0 N–H and O–H groups in total. The van der Waals surface area contributed by atoms with E-state index in [-0.39, 0.29) is 27.0 Å². The van der Waals surface area contributed by atoms with Gasteiger partial charge in [0.25, 0.3) is 5.69 Å². The van der Waals surface area contributed by atoms with E-state index in [0.717, 1.165) is 16.0 Å². The number of nitro benzene ring substituents is 1. The van der Waals surface area contributed by atoms with Gasteiger partial charge in [0.1, 0.15) is 5.69 Å². The lowest BCUT2D eigenvalue weighted by Gasteiger charge is -2.01. The van der Waals surface area contributed by atoms with Crippen molar-refractivity contribution in [3.63, 3.8) is 0 Å². The van der Waals surface area contributed by atoms with Crippen LogP contribution in [-0.4, -0.2) is 20.5 Å². The highest BCUT2D eigenvalue weighted by Gasteiger charge is 2.18. The molecule has 0 saturated heterocycles. The summed E-state index contributed by atoms with van der Waals surface area (Å²) in [5, 5.41) is 20.7. The largest absolute Gasteiger partial charge is 0.294 e. The maximum atomic E-state index is 11.3. The molecule has 0 radical (unpaired) electrons. The third kappa shape index (κ3) is 2.49. The minimum Gasteiger partial charge on any atom is -0.292 e. The minimum absolute atomic E-state index is 0.0144. The number of benzene rings is 1. The van der Waals surface area contributed by atoms with Gasteiger partial charge in [-0.25, -0.2) is 0 Å². The smallest absolute Gasteiger partial charge is 0.292 e. The van der Waals surface area contributed by atoms with Gasteiger partial charge in [0.15, 0.2) is 10.8 Å². The molecule has 2 rings (SSSR count). The van der Waals surface area contributed by atoms with Crippen molar-refractivity contribution in [3.8, 4) is 5.69 Å². The van der Waals surface area contributed by atoms with Gasteiger partial charge in [-0.05, 0) is 6.07 Å². The molecule has 0 amide bonds. The second kappa shape index (κ2) is 5.48. The molecule has 2 aromatic rings. The van der Waals surface area contributed by atoms with Crippen LogP contribution in [0.1, 0.15) is 16.7 Å². The number of carbonyl (C=O) groups is 1. The molecule has 0 aliphatic rings. The SMILES string of the molecule is CC(=O)c1nn(-c2ccccc2[N+](=O)[O-])c(=NN=O)s1. The molecule has 0 bridgehead atoms. The van der Waals surface area contributed by atoms with E-state index in [1.165, 1.54) is 25.1 Å². The highest BCUT2D eigenvalue weighted by atomic mass is 32.1. The molecule has 9 nitrogen and oxygen atoms in total. The third-order valence-electron chi connectivity index (χ3n) is 2.29. The standard InChI is InChI=1S/C10H7N5O4S/c1-6(16)9-12-14(10(20-9)11-13-17)7-4-2-3-5-8(7)15(18)19/h2-5H,1H3. The van der Waals surface area contributed by atoms with Crippen LogP contribution in [0.15, 0.2) is 34.7 Å². The number of aromatic nitrogens is 2. The highest BCUT2D eigenvalue weighted by molar-refractivity contribution is 7.10. The molecular weight excluding hydrogens is 286 g/mol. The number of hydrogen-bond acceptors (Lipinski definition) is 7. The van der Waals surface area contributed by atoms with Crippen molar-refractivity contribution in [2.24, 2.45) is 10.4 Å². The summed E-state index contributed by atoms with van der Waals surface area (Å²) in [5.41, 5.74) is -0.121. The predicted octanol–water partition coefficient (Wildman–Crippen LogP) is 1.63. The number of carbonyl (C=O) groups excluding carboxylic acids is 1. The zero-order chi connectivity index (χ0) is 14.7. The summed E-state index contributed by atoms with van der Waals surface area (Å²) in [6, 6.07) is 5.79.